The molecule has 3 nitrogen and oxygen atoms in total. The summed E-state index contributed by atoms with van der Waals surface area (Å²) in [6.45, 7) is 0. The lowest BCUT2D eigenvalue weighted by Gasteiger charge is -2.12. The van der Waals surface area contributed by atoms with Crippen LogP contribution in [0.25, 0.3) is 0 Å². The molecule has 20 heavy (non-hydrogen) atoms. The molecule has 108 valence electrons. The molecule has 3 heteroatoms. The van der Waals surface area contributed by atoms with E-state index in [-0.39, 0.29) is 5.78 Å². The third kappa shape index (κ3) is 3.41. The van der Waals surface area contributed by atoms with Gasteiger partial charge in [0.25, 0.3) is 0 Å². The van der Waals surface area contributed by atoms with Gasteiger partial charge in [-0.1, -0.05) is 18.9 Å². The molecule has 2 rings (SSSR count). The number of methoxy groups -OCH3 is 2. The van der Waals surface area contributed by atoms with Gasteiger partial charge in [-0.15, -0.1) is 0 Å². The van der Waals surface area contributed by atoms with Crippen molar-refractivity contribution in [3.63, 3.8) is 0 Å². The average molecular weight is 274 g/mol. The van der Waals surface area contributed by atoms with Gasteiger partial charge >= 0.3 is 0 Å². The number of rotatable bonds is 4. The maximum atomic E-state index is 12.6. The maximum Gasteiger partial charge on any atom is 0.188 e. The zero-order valence-corrected chi connectivity index (χ0v) is 12.3. The number of hydrogen-bond donors (Lipinski definition) is 0. The molecule has 0 atom stereocenters. The molecule has 0 heterocycles. The van der Waals surface area contributed by atoms with Gasteiger partial charge in [-0.05, 0) is 49.5 Å². The summed E-state index contributed by atoms with van der Waals surface area (Å²) in [6, 6.07) is 5.36. The van der Waals surface area contributed by atoms with Crippen LogP contribution in [0.15, 0.2) is 29.8 Å². The van der Waals surface area contributed by atoms with Gasteiger partial charge in [-0.25, -0.2) is 0 Å². The van der Waals surface area contributed by atoms with E-state index in [1.807, 2.05) is 6.07 Å². The lowest BCUT2D eigenvalue weighted by atomic mass is 9.94. The normalized spacial score (nSPS) is 18.4. The molecular weight excluding hydrogens is 252 g/mol. The van der Waals surface area contributed by atoms with Crippen molar-refractivity contribution in [2.75, 3.05) is 14.2 Å². The molecule has 0 bridgehead atoms. The number of carbonyl (C=O) groups is 1. The van der Waals surface area contributed by atoms with Gasteiger partial charge in [0.15, 0.2) is 17.3 Å². The summed E-state index contributed by atoms with van der Waals surface area (Å²) in [5.41, 5.74) is 1.62. The van der Waals surface area contributed by atoms with Gasteiger partial charge in [-0.2, -0.15) is 0 Å². The van der Waals surface area contributed by atoms with Crippen LogP contribution in [0.4, 0.5) is 0 Å². The number of ether oxygens (including phenoxy) is 2. The molecule has 0 saturated heterocycles. The van der Waals surface area contributed by atoms with E-state index in [9.17, 15) is 4.79 Å². The summed E-state index contributed by atoms with van der Waals surface area (Å²) in [5.74, 6) is 1.37. The minimum atomic E-state index is 0.118. The summed E-state index contributed by atoms with van der Waals surface area (Å²) < 4.78 is 10.5. The van der Waals surface area contributed by atoms with Crippen LogP contribution in [0.1, 0.15) is 48.9 Å². The minimum Gasteiger partial charge on any atom is -0.493 e. The standard InChI is InChI=1S/C17H22O3/c1-19-15-11-10-14(12-16(15)20-2)17(18)13-8-6-4-3-5-7-9-13/h8,10-12H,3-7,9H2,1-2H3/b13-8+. The highest BCUT2D eigenvalue weighted by Crippen LogP contribution is 2.29. The largest absolute Gasteiger partial charge is 0.493 e. The van der Waals surface area contributed by atoms with Crippen molar-refractivity contribution in [3.8, 4) is 11.5 Å². The van der Waals surface area contributed by atoms with E-state index >= 15 is 0 Å². The van der Waals surface area contributed by atoms with E-state index in [2.05, 4.69) is 6.08 Å². The molecule has 1 aromatic rings. The van der Waals surface area contributed by atoms with E-state index in [1.165, 1.54) is 19.3 Å². The zero-order valence-electron chi connectivity index (χ0n) is 12.3. The maximum absolute atomic E-state index is 12.6. The molecule has 1 aliphatic rings. The molecule has 1 aromatic carbocycles. The first-order chi connectivity index (χ1) is 9.76. The highest BCUT2D eigenvalue weighted by atomic mass is 16.5. The molecule has 0 amide bonds. The molecular formula is C17H22O3. The van der Waals surface area contributed by atoms with Crippen LogP contribution < -0.4 is 9.47 Å². The Morgan fingerprint density at radius 1 is 1.00 bits per heavy atom. The van der Waals surface area contributed by atoms with Crippen molar-refractivity contribution in [2.45, 2.75) is 38.5 Å². The lowest BCUT2D eigenvalue weighted by Crippen LogP contribution is -2.06. The van der Waals surface area contributed by atoms with Crippen LogP contribution in [-0.2, 0) is 0 Å². The lowest BCUT2D eigenvalue weighted by molar-refractivity contribution is 0.102. The Hall–Kier alpha value is -1.77. The van der Waals surface area contributed by atoms with E-state index in [0.29, 0.717) is 17.1 Å². The monoisotopic (exact) mass is 274 g/mol. The number of Topliss-reactive ketones (excluding diaryl/α,β-unsaturated/α-hetero) is 1. The second-order valence-corrected chi connectivity index (χ2v) is 5.08. The van der Waals surface area contributed by atoms with Crippen molar-refractivity contribution in [3.05, 3.63) is 35.4 Å². The first-order valence-corrected chi connectivity index (χ1v) is 7.22. The van der Waals surface area contributed by atoms with Gasteiger partial charge in [-0.3, -0.25) is 4.79 Å². The highest BCUT2D eigenvalue weighted by molar-refractivity contribution is 6.09. The Balaban J connectivity index is 2.23. The van der Waals surface area contributed by atoms with Crippen molar-refractivity contribution >= 4 is 5.78 Å². The predicted octanol–water partition coefficient (Wildman–Crippen LogP) is 4.17. The number of allylic oxidation sites excluding steroid dienone is 2. The molecule has 0 spiro atoms. The van der Waals surface area contributed by atoms with Crippen LogP contribution in [0.3, 0.4) is 0 Å². The molecule has 0 unspecified atom stereocenters. The van der Waals surface area contributed by atoms with E-state index in [0.717, 1.165) is 24.8 Å². The van der Waals surface area contributed by atoms with E-state index in [4.69, 9.17) is 9.47 Å². The quantitative estimate of drug-likeness (QED) is 0.773. The first-order valence-electron chi connectivity index (χ1n) is 7.22. The predicted molar refractivity (Wildman–Crippen MR) is 79.7 cm³/mol. The Morgan fingerprint density at radius 3 is 2.50 bits per heavy atom. The fraction of sp³-hybridized carbons (Fsp3) is 0.471. The fourth-order valence-electron chi connectivity index (χ4n) is 2.56. The summed E-state index contributed by atoms with van der Waals surface area (Å²) in [5, 5.41) is 0. The van der Waals surface area contributed by atoms with Gasteiger partial charge in [0.05, 0.1) is 14.2 Å². The first kappa shape index (κ1) is 14.6. The minimum absolute atomic E-state index is 0.118. The second kappa shape index (κ2) is 7.13. The molecule has 0 fully saturated rings. The number of hydrogen-bond acceptors (Lipinski definition) is 3. The van der Waals surface area contributed by atoms with Crippen molar-refractivity contribution in [1.29, 1.82) is 0 Å². The van der Waals surface area contributed by atoms with Crippen molar-refractivity contribution in [1.82, 2.24) is 0 Å². The van der Waals surface area contributed by atoms with Gasteiger partial charge in [0, 0.05) is 5.56 Å². The van der Waals surface area contributed by atoms with Crippen molar-refractivity contribution < 1.29 is 14.3 Å². The molecule has 0 saturated carbocycles. The molecule has 0 radical (unpaired) electrons. The highest BCUT2D eigenvalue weighted by Gasteiger charge is 2.15. The van der Waals surface area contributed by atoms with E-state index in [1.54, 1.807) is 26.4 Å². The Morgan fingerprint density at radius 2 is 1.75 bits per heavy atom. The van der Waals surface area contributed by atoms with Gasteiger partial charge < -0.3 is 9.47 Å². The third-order valence-corrected chi connectivity index (χ3v) is 3.73. The summed E-state index contributed by atoms with van der Waals surface area (Å²) in [6.07, 6.45) is 8.78. The number of ketones is 1. The molecule has 1 aliphatic carbocycles. The Bertz CT molecular complexity index is 503. The van der Waals surface area contributed by atoms with Crippen LogP contribution in [0, 0.1) is 0 Å². The molecule has 0 aromatic heterocycles. The van der Waals surface area contributed by atoms with Gasteiger partial charge in [0.2, 0.25) is 0 Å². The van der Waals surface area contributed by atoms with Crippen LogP contribution in [0.2, 0.25) is 0 Å². The van der Waals surface area contributed by atoms with Crippen molar-refractivity contribution in [2.24, 2.45) is 0 Å². The summed E-state index contributed by atoms with van der Waals surface area (Å²) in [7, 11) is 3.18. The van der Waals surface area contributed by atoms with Crippen LogP contribution in [0.5, 0.6) is 11.5 Å². The number of carbonyl (C=O) groups excluding carboxylic acids is 1. The Labute approximate surface area is 120 Å². The number of benzene rings is 1. The molecule has 0 N–H and O–H groups in total. The topological polar surface area (TPSA) is 35.5 Å². The van der Waals surface area contributed by atoms with E-state index < -0.39 is 0 Å². The summed E-state index contributed by atoms with van der Waals surface area (Å²) in [4.78, 5) is 12.6. The second-order valence-electron chi connectivity index (χ2n) is 5.08. The van der Waals surface area contributed by atoms with Crippen LogP contribution >= 0.6 is 0 Å². The van der Waals surface area contributed by atoms with Gasteiger partial charge in [0.1, 0.15) is 0 Å². The zero-order chi connectivity index (χ0) is 14.4. The average Bonchev–Trinajstić information content (AvgIpc) is 2.45. The fourth-order valence-corrected chi connectivity index (χ4v) is 2.56. The molecule has 0 aliphatic heterocycles. The third-order valence-electron chi connectivity index (χ3n) is 3.73. The summed E-state index contributed by atoms with van der Waals surface area (Å²) >= 11 is 0. The SMILES string of the molecule is COc1ccc(C(=O)/C2=C/CCCCCC2)cc1OC. The smallest absolute Gasteiger partial charge is 0.188 e. The van der Waals surface area contributed by atoms with Crippen LogP contribution in [-0.4, -0.2) is 20.0 Å². The Kier molecular flexibility index (Phi) is 5.22.